The summed E-state index contributed by atoms with van der Waals surface area (Å²) in [5, 5.41) is 0. The zero-order valence-corrected chi connectivity index (χ0v) is 12.0. The molecule has 0 heteroatoms. The Hall–Kier alpha value is -0.260. The topological polar surface area (TPSA) is 0 Å². The largest absolute Gasteiger partial charge is 0.0885 e. The summed E-state index contributed by atoms with van der Waals surface area (Å²) in [7, 11) is 0. The van der Waals surface area contributed by atoms with E-state index in [0.29, 0.717) is 0 Å². The van der Waals surface area contributed by atoms with E-state index >= 15 is 0 Å². The monoisotopic (exact) mass is 224 g/mol. The van der Waals surface area contributed by atoms with E-state index in [0.717, 1.165) is 11.8 Å². The zero-order valence-electron chi connectivity index (χ0n) is 12.0. The van der Waals surface area contributed by atoms with Gasteiger partial charge in [-0.25, -0.2) is 0 Å². The second-order valence-corrected chi connectivity index (χ2v) is 5.40. The van der Waals surface area contributed by atoms with Crippen LogP contribution in [0.3, 0.4) is 0 Å². The standard InChI is InChI=1S/C16H32/c1-5-7-9-13-16(4)14-11-8-10-12-15(3)6-2/h8,11,15-16H,5-7,9-10,12-14H2,1-4H3/b11-8+. The fraction of sp³-hybridized carbons (Fsp3) is 0.875. The first-order valence-electron chi connectivity index (χ1n) is 7.35. The normalized spacial score (nSPS) is 15.5. The van der Waals surface area contributed by atoms with Gasteiger partial charge in [0.1, 0.15) is 0 Å². The van der Waals surface area contributed by atoms with Crippen LogP contribution in [0.4, 0.5) is 0 Å². The Morgan fingerprint density at radius 3 is 2.25 bits per heavy atom. The molecule has 0 fully saturated rings. The van der Waals surface area contributed by atoms with Crippen molar-refractivity contribution in [1.29, 1.82) is 0 Å². The van der Waals surface area contributed by atoms with Gasteiger partial charge in [0, 0.05) is 0 Å². The van der Waals surface area contributed by atoms with Crippen molar-refractivity contribution in [3.8, 4) is 0 Å². The number of hydrogen-bond acceptors (Lipinski definition) is 0. The Balaban J connectivity index is 3.37. The van der Waals surface area contributed by atoms with Crippen LogP contribution >= 0.6 is 0 Å². The van der Waals surface area contributed by atoms with Gasteiger partial charge in [-0.3, -0.25) is 0 Å². The minimum absolute atomic E-state index is 0.881. The van der Waals surface area contributed by atoms with E-state index in [1.165, 1.54) is 51.4 Å². The molecule has 0 aromatic heterocycles. The molecule has 0 aliphatic heterocycles. The summed E-state index contributed by atoms with van der Waals surface area (Å²) in [5.41, 5.74) is 0. The Bertz CT molecular complexity index is 157. The van der Waals surface area contributed by atoms with Crippen LogP contribution in [0.5, 0.6) is 0 Å². The second kappa shape index (κ2) is 11.2. The minimum atomic E-state index is 0.881. The van der Waals surface area contributed by atoms with E-state index in [4.69, 9.17) is 0 Å². The third-order valence-corrected chi connectivity index (χ3v) is 3.53. The molecule has 0 aromatic carbocycles. The van der Waals surface area contributed by atoms with Gasteiger partial charge < -0.3 is 0 Å². The van der Waals surface area contributed by atoms with Crippen molar-refractivity contribution in [2.45, 2.75) is 79.1 Å². The summed E-state index contributed by atoms with van der Waals surface area (Å²) < 4.78 is 0. The highest BCUT2D eigenvalue weighted by molar-refractivity contribution is 4.83. The van der Waals surface area contributed by atoms with Crippen LogP contribution in [-0.2, 0) is 0 Å². The molecule has 2 atom stereocenters. The zero-order chi connectivity index (χ0) is 12.2. The highest BCUT2D eigenvalue weighted by Gasteiger charge is 1.99. The van der Waals surface area contributed by atoms with Crippen LogP contribution in [0.25, 0.3) is 0 Å². The van der Waals surface area contributed by atoms with Crippen molar-refractivity contribution >= 4 is 0 Å². The van der Waals surface area contributed by atoms with Gasteiger partial charge in [0.25, 0.3) is 0 Å². The van der Waals surface area contributed by atoms with Crippen molar-refractivity contribution in [2.24, 2.45) is 11.8 Å². The van der Waals surface area contributed by atoms with Crippen LogP contribution in [0.15, 0.2) is 12.2 Å². The summed E-state index contributed by atoms with van der Waals surface area (Å²) >= 11 is 0. The molecule has 2 unspecified atom stereocenters. The molecule has 0 aliphatic rings. The summed E-state index contributed by atoms with van der Waals surface area (Å²) in [6.45, 7) is 9.29. The smallest absolute Gasteiger partial charge is 0.0325 e. The van der Waals surface area contributed by atoms with E-state index in [2.05, 4.69) is 39.8 Å². The van der Waals surface area contributed by atoms with Crippen LogP contribution in [0.2, 0.25) is 0 Å². The van der Waals surface area contributed by atoms with Crippen LogP contribution in [-0.4, -0.2) is 0 Å². The molecule has 0 radical (unpaired) electrons. The van der Waals surface area contributed by atoms with Crippen molar-refractivity contribution in [1.82, 2.24) is 0 Å². The van der Waals surface area contributed by atoms with E-state index in [1.807, 2.05) is 0 Å². The van der Waals surface area contributed by atoms with Crippen molar-refractivity contribution in [3.05, 3.63) is 12.2 Å². The van der Waals surface area contributed by atoms with E-state index in [1.54, 1.807) is 0 Å². The Morgan fingerprint density at radius 2 is 1.62 bits per heavy atom. The average molecular weight is 224 g/mol. The molecule has 0 nitrogen and oxygen atoms in total. The van der Waals surface area contributed by atoms with Gasteiger partial charge in [-0.1, -0.05) is 72.0 Å². The van der Waals surface area contributed by atoms with Crippen molar-refractivity contribution < 1.29 is 0 Å². The van der Waals surface area contributed by atoms with E-state index in [9.17, 15) is 0 Å². The lowest BCUT2D eigenvalue weighted by Crippen LogP contribution is -1.93. The van der Waals surface area contributed by atoms with Gasteiger partial charge in [-0.2, -0.15) is 0 Å². The van der Waals surface area contributed by atoms with Gasteiger partial charge in [-0.15, -0.1) is 0 Å². The van der Waals surface area contributed by atoms with Gasteiger partial charge in [-0.05, 0) is 31.1 Å². The molecule has 0 bridgehead atoms. The van der Waals surface area contributed by atoms with Gasteiger partial charge in [0.2, 0.25) is 0 Å². The lowest BCUT2D eigenvalue weighted by molar-refractivity contribution is 0.498. The third-order valence-electron chi connectivity index (χ3n) is 3.53. The second-order valence-electron chi connectivity index (χ2n) is 5.40. The lowest BCUT2D eigenvalue weighted by atomic mass is 9.99. The molecule has 0 saturated carbocycles. The number of unbranched alkanes of at least 4 members (excludes halogenated alkanes) is 2. The van der Waals surface area contributed by atoms with E-state index < -0.39 is 0 Å². The van der Waals surface area contributed by atoms with Crippen LogP contribution in [0.1, 0.15) is 79.1 Å². The minimum Gasteiger partial charge on any atom is -0.0885 e. The summed E-state index contributed by atoms with van der Waals surface area (Å²) in [4.78, 5) is 0. The average Bonchev–Trinajstić information content (AvgIpc) is 2.28. The third kappa shape index (κ3) is 10.3. The first kappa shape index (κ1) is 15.7. The van der Waals surface area contributed by atoms with Crippen molar-refractivity contribution in [3.63, 3.8) is 0 Å². The number of rotatable bonds is 10. The molecule has 16 heavy (non-hydrogen) atoms. The molecule has 0 aromatic rings. The molecule has 0 rings (SSSR count). The number of allylic oxidation sites excluding steroid dienone is 2. The first-order chi connectivity index (χ1) is 7.70. The van der Waals surface area contributed by atoms with Gasteiger partial charge in [0.15, 0.2) is 0 Å². The SMILES string of the molecule is CCCCCC(C)C/C=C/CCC(C)CC. The Morgan fingerprint density at radius 1 is 0.875 bits per heavy atom. The predicted molar refractivity (Wildman–Crippen MR) is 75.8 cm³/mol. The summed E-state index contributed by atoms with van der Waals surface area (Å²) in [6.07, 6.45) is 15.6. The van der Waals surface area contributed by atoms with Crippen LogP contribution < -0.4 is 0 Å². The predicted octanol–water partition coefficient (Wildman–Crippen LogP) is 5.98. The van der Waals surface area contributed by atoms with Crippen molar-refractivity contribution in [2.75, 3.05) is 0 Å². The van der Waals surface area contributed by atoms with Gasteiger partial charge >= 0.3 is 0 Å². The first-order valence-corrected chi connectivity index (χ1v) is 7.35. The highest BCUT2D eigenvalue weighted by Crippen LogP contribution is 2.14. The molecule has 0 N–H and O–H groups in total. The maximum Gasteiger partial charge on any atom is -0.0325 e. The Kier molecular flexibility index (Phi) is 11.0. The maximum absolute atomic E-state index is 2.40. The maximum atomic E-state index is 2.40. The lowest BCUT2D eigenvalue weighted by Gasteiger charge is -2.08. The fourth-order valence-electron chi connectivity index (χ4n) is 1.89. The van der Waals surface area contributed by atoms with Gasteiger partial charge in [0.05, 0.1) is 0 Å². The summed E-state index contributed by atoms with van der Waals surface area (Å²) in [6, 6.07) is 0. The molecule has 0 heterocycles. The molecule has 0 aliphatic carbocycles. The molecular weight excluding hydrogens is 192 g/mol. The quantitative estimate of drug-likeness (QED) is 0.316. The number of hydrogen-bond donors (Lipinski definition) is 0. The molecule has 0 saturated heterocycles. The highest BCUT2D eigenvalue weighted by atomic mass is 14.0. The molecule has 0 spiro atoms. The summed E-state index contributed by atoms with van der Waals surface area (Å²) in [5.74, 6) is 1.78. The molecular formula is C16H32. The van der Waals surface area contributed by atoms with E-state index in [-0.39, 0.29) is 0 Å². The molecule has 96 valence electrons. The fourth-order valence-corrected chi connectivity index (χ4v) is 1.89. The Labute approximate surface area is 104 Å². The molecule has 0 amide bonds. The van der Waals surface area contributed by atoms with Crippen LogP contribution in [0, 0.1) is 11.8 Å².